The lowest BCUT2D eigenvalue weighted by Gasteiger charge is -2.13. The van der Waals surface area contributed by atoms with Crippen molar-refractivity contribution in [1.82, 2.24) is 14.6 Å². The molecule has 190 valence electrons. The molecule has 37 heavy (non-hydrogen) atoms. The number of rotatable bonds is 9. The van der Waals surface area contributed by atoms with Crippen LogP contribution in [0.4, 0.5) is 5.69 Å². The van der Waals surface area contributed by atoms with E-state index in [-0.39, 0.29) is 27.9 Å². The molecule has 0 atom stereocenters. The molecule has 0 amide bonds. The fourth-order valence-corrected chi connectivity index (χ4v) is 4.11. The van der Waals surface area contributed by atoms with Crippen LogP contribution in [0.15, 0.2) is 63.0 Å². The molecule has 0 spiro atoms. The highest BCUT2D eigenvalue weighted by Crippen LogP contribution is 2.39. The number of fused-ring (bicyclic) bond motifs is 1. The van der Waals surface area contributed by atoms with Gasteiger partial charge >= 0.3 is 0 Å². The largest absolute Gasteiger partial charge is 0.490 e. The van der Waals surface area contributed by atoms with Crippen LogP contribution in [0.5, 0.6) is 17.4 Å². The maximum absolute atomic E-state index is 13.2. The molecule has 10 nitrogen and oxygen atoms in total. The molecule has 2 heterocycles. The smallest absolute Gasteiger partial charge is 0.287 e. The first-order chi connectivity index (χ1) is 17.8. The lowest BCUT2D eigenvalue weighted by Crippen LogP contribution is -2.22. The minimum absolute atomic E-state index is 0.110. The predicted molar refractivity (Wildman–Crippen MR) is 144 cm³/mol. The number of hydrogen-bond acceptors (Lipinski definition) is 8. The summed E-state index contributed by atoms with van der Waals surface area (Å²) in [6.45, 7) is 4.13. The number of hydrogen-bond donors (Lipinski definition) is 0. The summed E-state index contributed by atoms with van der Waals surface area (Å²) in [5, 5.41) is 15.9. The highest BCUT2D eigenvalue weighted by atomic mass is 79.9. The van der Waals surface area contributed by atoms with Crippen LogP contribution in [0, 0.1) is 10.1 Å². The molecule has 0 unspecified atom stereocenters. The van der Waals surface area contributed by atoms with Crippen molar-refractivity contribution in [1.29, 1.82) is 0 Å². The van der Waals surface area contributed by atoms with Crippen LogP contribution in [0.25, 0.3) is 10.9 Å². The number of benzene rings is 2. The Hall–Kier alpha value is -3.83. The van der Waals surface area contributed by atoms with Gasteiger partial charge in [-0.1, -0.05) is 34.5 Å². The van der Waals surface area contributed by atoms with Gasteiger partial charge in [0.2, 0.25) is 5.88 Å². The van der Waals surface area contributed by atoms with Crippen LogP contribution in [-0.4, -0.2) is 32.4 Å². The van der Waals surface area contributed by atoms with Crippen molar-refractivity contribution >= 4 is 50.3 Å². The first-order valence-electron chi connectivity index (χ1n) is 11.3. The normalized spacial score (nSPS) is 11.2. The van der Waals surface area contributed by atoms with Crippen molar-refractivity contribution in [3.63, 3.8) is 0 Å². The second-order valence-electron chi connectivity index (χ2n) is 7.78. The van der Waals surface area contributed by atoms with Crippen LogP contribution in [0.3, 0.4) is 0 Å². The maximum Gasteiger partial charge on any atom is 0.287 e. The van der Waals surface area contributed by atoms with E-state index in [4.69, 9.17) is 21.1 Å². The van der Waals surface area contributed by atoms with Gasteiger partial charge in [0.25, 0.3) is 11.2 Å². The Labute approximate surface area is 224 Å². The number of ether oxygens (including phenoxy) is 2. The first-order valence-corrected chi connectivity index (χ1v) is 12.5. The summed E-state index contributed by atoms with van der Waals surface area (Å²) in [5.74, 6) is 1.17. The number of aryl methyl sites for hydroxylation is 1. The van der Waals surface area contributed by atoms with Gasteiger partial charge in [0, 0.05) is 23.0 Å². The molecule has 0 aliphatic carbocycles. The van der Waals surface area contributed by atoms with Gasteiger partial charge in [0.15, 0.2) is 11.5 Å². The van der Waals surface area contributed by atoms with Crippen molar-refractivity contribution in [2.75, 3.05) is 6.61 Å². The molecule has 12 heteroatoms. The third-order valence-electron chi connectivity index (χ3n) is 5.14. The number of nitro groups is 1. The Balaban J connectivity index is 1.71. The molecular formula is C25H21BrClN5O5. The van der Waals surface area contributed by atoms with E-state index in [0.29, 0.717) is 41.1 Å². The number of aromatic nitrogens is 3. The maximum atomic E-state index is 13.2. The number of pyridine rings is 1. The third kappa shape index (κ3) is 5.95. The number of nitrogens with zero attached hydrogens (tertiary/aromatic N) is 5. The van der Waals surface area contributed by atoms with E-state index >= 15 is 0 Å². The van der Waals surface area contributed by atoms with E-state index in [9.17, 15) is 14.9 Å². The van der Waals surface area contributed by atoms with Gasteiger partial charge in [-0.2, -0.15) is 9.78 Å². The highest BCUT2D eigenvalue weighted by Gasteiger charge is 2.16. The second kappa shape index (κ2) is 11.5. The summed E-state index contributed by atoms with van der Waals surface area (Å²) in [6, 6.07) is 11.3. The van der Waals surface area contributed by atoms with Crippen molar-refractivity contribution < 1.29 is 14.4 Å². The van der Waals surface area contributed by atoms with E-state index in [1.807, 2.05) is 13.0 Å². The molecule has 0 saturated heterocycles. The van der Waals surface area contributed by atoms with Crippen molar-refractivity contribution in [3.8, 4) is 17.4 Å². The lowest BCUT2D eigenvalue weighted by molar-refractivity contribution is -0.385. The molecule has 4 rings (SSSR count). The van der Waals surface area contributed by atoms with E-state index in [0.717, 1.165) is 17.1 Å². The lowest BCUT2D eigenvalue weighted by atomic mass is 10.2. The Morgan fingerprint density at radius 3 is 2.70 bits per heavy atom. The second-order valence-corrected chi connectivity index (χ2v) is 9.10. The summed E-state index contributed by atoms with van der Waals surface area (Å²) in [4.78, 5) is 32.1. The summed E-state index contributed by atoms with van der Waals surface area (Å²) in [5.41, 5.74) is 0.710. The minimum atomic E-state index is -0.551. The predicted octanol–water partition coefficient (Wildman–Crippen LogP) is 6.14. The molecular weight excluding hydrogens is 566 g/mol. The van der Waals surface area contributed by atoms with E-state index in [1.54, 1.807) is 31.2 Å². The van der Waals surface area contributed by atoms with Crippen molar-refractivity contribution in [2.24, 2.45) is 5.10 Å². The summed E-state index contributed by atoms with van der Waals surface area (Å²) in [6.07, 6.45) is 3.94. The minimum Gasteiger partial charge on any atom is -0.490 e. The monoisotopic (exact) mass is 585 g/mol. The molecule has 0 N–H and O–H groups in total. The van der Waals surface area contributed by atoms with Gasteiger partial charge in [0.05, 0.1) is 33.7 Å². The Morgan fingerprint density at radius 2 is 2.03 bits per heavy atom. The Kier molecular flexibility index (Phi) is 8.14. The fourth-order valence-electron chi connectivity index (χ4n) is 3.49. The summed E-state index contributed by atoms with van der Waals surface area (Å²) in [7, 11) is 0. The van der Waals surface area contributed by atoms with Crippen LogP contribution < -0.4 is 15.0 Å². The molecule has 2 aromatic carbocycles. The third-order valence-corrected chi connectivity index (χ3v) is 5.92. The van der Waals surface area contributed by atoms with Gasteiger partial charge in [-0.15, -0.1) is 0 Å². The van der Waals surface area contributed by atoms with E-state index in [1.165, 1.54) is 23.0 Å². The van der Waals surface area contributed by atoms with Gasteiger partial charge in [-0.3, -0.25) is 14.9 Å². The van der Waals surface area contributed by atoms with Gasteiger partial charge in [0.1, 0.15) is 12.0 Å². The topological polar surface area (TPSA) is 122 Å². The standard InChI is InChI=1S/C25H21BrClN5O5/c1-3-5-22-30-20-8-6-16(26)12-18(20)25(33)31(22)29-13-15-10-19(27)24(21(11-15)36-4-2)37-23-9-7-17(14-28-23)32(34)35/h6-14H,3-5H2,1-2H3. The number of halogens is 2. The molecule has 0 aliphatic heterocycles. The average molecular weight is 587 g/mol. The summed E-state index contributed by atoms with van der Waals surface area (Å²) >= 11 is 9.90. The highest BCUT2D eigenvalue weighted by molar-refractivity contribution is 9.10. The zero-order valence-electron chi connectivity index (χ0n) is 19.9. The van der Waals surface area contributed by atoms with Crippen LogP contribution >= 0.6 is 27.5 Å². The summed E-state index contributed by atoms with van der Waals surface area (Å²) < 4.78 is 13.5. The van der Waals surface area contributed by atoms with Crippen LogP contribution in [-0.2, 0) is 6.42 Å². The molecule has 0 aliphatic rings. The Morgan fingerprint density at radius 1 is 1.22 bits per heavy atom. The first kappa shape index (κ1) is 26.2. The van der Waals surface area contributed by atoms with Crippen LogP contribution in [0.2, 0.25) is 5.02 Å². The van der Waals surface area contributed by atoms with E-state index < -0.39 is 4.92 Å². The molecule has 2 aromatic heterocycles. The molecule has 0 fully saturated rings. The van der Waals surface area contributed by atoms with Crippen molar-refractivity contribution in [3.05, 3.63) is 90.0 Å². The zero-order chi connectivity index (χ0) is 26.5. The van der Waals surface area contributed by atoms with Gasteiger partial charge in [-0.05, 0) is 49.2 Å². The van der Waals surface area contributed by atoms with Gasteiger partial charge < -0.3 is 9.47 Å². The molecule has 0 saturated carbocycles. The van der Waals surface area contributed by atoms with Gasteiger partial charge in [-0.25, -0.2) is 9.97 Å². The zero-order valence-corrected chi connectivity index (χ0v) is 22.2. The SMILES string of the molecule is CCCc1nc2ccc(Br)cc2c(=O)n1N=Cc1cc(Cl)c(Oc2ccc([N+](=O)[O-])cn2)c(OCC)c1. The molecule has 0 bridgehead atoms. The quantitative estimate of drug-likeness (QED) is 0.131. The molecule has 4 aromatic rings. The van der Waals surface area contributed by atoms with E-state index in [2.05, 4.69) is 31.0 Å². The molecule has 0 radical (unpaired) electrons. The van der Waals surface area contributed by atoms with Crippen molar-refractivity contribution in [2.45, 2.75) is 26.7 Å². The Bertz CT molecular complexity index is 1560. The average Bonchev–Trinajstić information content (AvgIpc) is 2.87. The fraction of sp³-hybridized carbons (Fsp3) is 0.200. The van der Waals surface area contributed by atoms with Crippen LogP contribution in [0.1, 0.15) is 31.7 Å².